The van der Waals surface area contributed by atoms with Crippen molar-refractivity contribution in [2.75, 3.05) is 19.6 Å². The Kier molecular flexibility index (Phi) is 3.62. The van der Waals surface area contributed by atoms with Gasteiger partial charge in [0.1, 0.15) is 0 Å². The van der Waals surface area contributed by atoms with Crippen LogP contribution in [-0.2, 0) is 6.42 Å². The molecule has 1 aliphatic carbocycles. The molecule has 0 aliphatic heterocycles. The highest BCUT2D eigenvalue weighted by atomic mass is 15.2. The van der Waals surface area contributed by atoms with E-state index in [0.29, 0.717) is 6.04 Å². The zero-order chi connectivity index (χ0) is 11.5. The maximum Gasteiger partial charge on any atom is 0.0108 e. The Bertz CT molecular complexity index is 346. The average molecular weight is 218 g/mol. The number of hydrogen-bond acceptors (Lipinski definition) is 2. The van der Waals surface area contributed by atoms with E-state index in [4.69, 9.17) is 5.73 Å². The van der Waals surface area contributed by atoms with Crippen molar-refractivity contribution >= 4 is 0 Å². The van der Waals surface area contributed by atoms with Crippen molar-refractivity contribution < 1.29 is 0 Å². The molecule has 0 amide bonds. The molecule has 0 aromatic heterocycles. The fourth-order valence-corrected chi connectivity index (χ4v) is 2.53. The second kappa shape index (κ2) is 4.98. The summed E-state index contributed by atoms with van der Waals surface area (Å²) in [6, 6.07) is 9.39. The lowest BCUT2D eigenvalue weighted by Crippen LogP contribution is -2.40. The number of nitrogens with two attached hydrogens (primary N) is 1. The first-order valence-electron chi connectivity index (χ1n) is 6.24. The van der Waals surface area contributed by atoms with Crippen molar-refractivity contribution in [1.82, 2.24) is 4.90 Å². The smallest absolute Gasteiger partial charge is 0.0108 e. The lowest BCUT2D eigenvalue weighted by atomic mass is 9.77. The molecule has 0 saturated heterocycles. The summed E-state index contributed by atoms with van der Waals surface area (Å²) in [7, 11) is 0. The Morgan fingerprint density at radius 3 is 2.75 bits per heavy atom. The molecule has 0 heterocycles. The van der Waals surface area contributed by atoms with E-state index in [1.165, 1.54) is 12.0 Å². The Morgan fingerprint density at radius 1 is 1.38 bits per heavy atom. The first-order valence-corrected chi connectivity index (χ1v) is 6.24. The summed E-state index contributed by atoms with van der Waals surface area (Å²) in [5.41, 5.74) is 8.73. The van der Waals surface area contributed by atoms with Crippen LogP contribution in [0.1, 0.15) is 30.9 Å². The predicted octanol–water partition coefficient (Wildman–Crippen LogP) is 2.00. The molecule has 2 nitrogen and oxygen atoms in total. The molecule has 1 atom stereocenters. The second-order valence-electron chi connectivity index (χ2n) is 4.98. The summed E-state index contributed by atoms with van der Waals surface area (Å²) in [6.07, 6.45) is 1.24. The van der Waals surface area contributed by atoms with Crippen LogP contribution in [0.4, 0.5) is 0 Å². The van der Waals surface area contributed by atoms with E-state index < -0.39 is 0 Å². The van der Waals surface area contributed by atoms with Gasteiger partial charge in [0, 0.05) is 31.6 Å². The van der Waals surface area contributed by atoms with Crippen molar-refractivity contribution in [3.8, 4) is 0 Å². The van der Waals surface area contributed by atoms with Gasteiger partial charge in [0.25, 0.3) is 0 Å². The fourth-order valence-electron chi connectivity index (χ4n) is 2.53. The molecule has 16 heavy (non-hydrogen) atoms. The van der Waals surface area contributed by atoms with Gasteiger partial charge < -0.3 is 5.73 Å². The Hall–Kier alpha value is -0.860. The molecule has 1 aromatic carbocycles. The van der Waals surface area contributed by atoms with Gasteiger partial charge in [-0.2, -0.15) is 0 Å². The molecule has 0 fully saturated rings. The van der Waals surface area contributed by atoms with Crippen LogP contribution < -0.4 is 5.73 Å². The van der Waals surface area contributed by atoms with Crippen LogP contribution in [0.3, 0.4) is 0 Å². The van der Waals surface area contributed by atoms with Crippen LogP contribution in [0.15, 0.2) is 24.3 Å². The minimum absolute atomic E-state index is 0.594. The molecule has 2 rings (SSSR count). The largest absolute Gasteiger partial charge is 0.329 e. The highest BCUT2D eigenvalue weighted by molar-refractivity contribution is 5.40. The number of nitrogens with zero attached hydrogens (tertiary/aromatic N) is 1. The molecule has 1 aromatic rings. The SMILES string of the molecule is CC(C)N(CCN)CC1Cc2ccccc21. The molecule has 1 unspecified atom stereocenters. The Labute approximate surface area is 98.4 Å². The quantitative estimate of drug-likeness (QED) is 0.819. The van der Waals surface area contributed by atoms with Crippen LogP contribution in [0.2, 0.25) is 0 Å². The number of hydrogen-bond donors (Lipinski definition) is 1. The van der Waals surface area contributed by atoms with Crippen molar-refractivity contribution in [3.05, 3.63) is 35.4 Å². The third-order valence-electron chi connectivity index (χ3n) is 3.56. The van der Waals surface area contributed by atoms with E-state index in [0.717, 1.165) is 25.6 Å². The standard InChI is InChI=1S/C14H22N2/c1-11(2)16(8-7-15)10-13-9-12-5-3-4-6-14(12)13/h3-6,11,13H,7-10,15H2,1-2H3. The zero-order valence-corrected chi connectivity index (χ0v) is 10.3. The van der Waals surface area contributed by atoms with Gasteiger partial charge in [-0.05, 0) is 31.4 Å². The normalized spacial score (nSPS) is 18.7. The minimum atomic E-state index is 0.594. The van der Waals surface area contributed by atoms with E-state index >= 15 is 0 Å². The van der Waals surface area contributed by atoms with Gasteiger partial charge in [0.2, 0.25) is 0 Å². The van der Waals surface area contributed by atoms with Gasteiger partial charge in [-0.25, -0.2) is 0 Å². The molecule has 0 spiro atoms. The van der Waals surface area contributed by atoms with Gasteiger partial charge in [-0.3, -0.25) is 4.90 Å². The summed E-state index contributed by atoms with van der Waals surface area (Å²) in [5.74, 6) is 0.727. The predicted molar refractivity (Wildman–Crippen MR) is 68.7 cm³/mol. The van der Waals surface area contributed by atoms with Crippen LogP contribution in [0.5, 0.6) is 0 Å². The van der Waals surface area contributed by atoms with E-state index in [1.54, 1.807) is 5.56 Å². The molecule has 0 saturated carbocycles. The van der Waals surface area contributed by atoms with Gasteiger partial charge in [0.05, 0.1) is 0 Å². The van der Waals surface area contributed by atoms with Crippen molar-refractivity contribution in [3.63, 3.8) is 0 Å². The highest BCUT2D eigenvalue weighted by Crippen LogP contribution is 2.35. The zero-order valence-electron chi connectivity index (χ0n) is 10.3. The van der Waals surface area contributed by atoms with Gasteiger partial charge in [-0.15, -0.1) is 0 Å². The van der Waals surface area contributed by atoms with E-state index in [2.05, 4.69) is 43.0 Å². The van der Waals surface area contributed by atoms with Gasteiger partial charge >= 0.3 is 0 Å². The molecule has 1 aliphatic rings. The topological polar surface area (TPSA) is 29.3 Å². The number of rotatable bonds is 5. The van der Waals surface area contributed by atoms with Gasteiger partial charge in [0.15, 0.2) is 0 Å². The van der Waals surface area contributed by atoms with Crippen LogP contribution >= 0.6 is 0 Å². The third kappa shape index (κ3) is 2.28. The monoisotopic (exact) mass is 218 g/mol. The summed E-state index contributed by atoms with van der Waals surface area (Å²) < 4.78 is 0. The van der Waals surface area contributed by atoms with Crippen molar-refractivity contribution in [2.45, 2.75) is 32.2 Å². The van der Waals surface area contributed by atoms with Gasteiger partial charge in [-0.1, -0.05) is 24.3 Å². The number of benzene rings is 1. The summed E-state index contributed by atoms with van der Waals surface area (Å²) in [5, 5.41) is 0. The maximum absolute atomic E-state index is 5.66. The van der Waals surface area contributed by atoms with Crippen LogP contribution in [0.25, 0.3) is 0 Å². The molecule has 0 bridgehead atoms. The second-order valence-corrected chi connectivity index (χ2v) is 4.98. The Morgan fingerprint density at radius 2 is 2.12 bits per heavy atom. The molecule has 88 valence electrons. The molecular formula is C14H22N2. The molecule has 0 radical (unpaired) electrons. The van der Waals surface area contributed by atoms with Crippen LogP contribution in [0, 0.1) is 0 Å². The Balaban J connectivity index is 1.97. The van der Waals surface area contributed by atoms with Crippen molar-refractivity contribution in [2.24, 2.45) is 5.73 Å². The molecule has 2 heteroatoms. The van der Waals surface area contributed by atoms with E-state index in [1.807, 2.05) is 0 Å². The lowest BCUT2D eigenvalue weighted by Gasteiger charge is -2.36. The lowest BCUT2D eigenvalue weighted by molar-refractivity contribution is 0.207. The summed E-state index contributed by atoms with van der Waals surface area (Å²) in [6.45, 7) is 7.43. The number of fused-ring (bicyclic) bond motifs is 1. The molecular weight excluding hydrogens is 196 g/mol. The first kappa shape index (κ1) is 11.6. The van der Waals surface area contributed by atoms with E-state index in [9.17, 15) is 0 Å². The first-order chi connectivity index (χ1) is 7.72. The fraction of sp³-hybridized carbons (Fsp3) is 0.571. The summed E-state index contributed by atoms with van der Waals surface area (Å²) in [4.78, 5) is 2.49. The molecule has 2 N–H and O–H groups in total. The summed E-state index contributed by atoms with van der Waals surface area (Å²) >= 11 is 0. The van der Waals surface area contributed by atoms with Crippen molar-refractivity contribution in [1.29, 1.82) is 0 Å². The van der Waals surface area contributed by atoms with E-state index in [-0.39, 0.29) is 0 Å². The minimum Gasteiger partial charge on any atom is -0.329 e. The van der Waals surface area contributed by atoms with Crippen LogP contribution in [-0.4, -0.2) is 30.6 Å². The third-order valence-corrected chi connectivity index (χ3v) is 3.56. The highest BCUT2D eigenvalue weighted by Gasteiger charge is 2.27. The maximum atomic E-state index is 5.66. The average Bonchev–Trinajstić information content (AvgIpc) is 2.24.